The normalized spacial score (nSPS) is 12.8. The van der Waals surface area contributed by atoms with Gasteiger partial charge in [-0.25, -0.2) is 0 Å². The maximum Gasteiger partial charge on any atom is 0.130 e. The summed E-state index contributed by atoms with van der Waals surface area (Å²) in [7, 11) is 0. The van der Waals surface area contributed by atoms with Crippen molar-refractivity contribution in [1.82, 2.24) is 0 Å². The zero-order valence-corrected chi connectivity index (χ0v) is 26.0. The summed E-state index contributed by atoms with van der Waals surface area (Å²) in [5.74, 6) is 3.07. The number of fused-ring (bicyclic) bond motifs is 3. The van der Waals surface area contributed by atoms with Crippen molar-refractivity contribution in [1.29, 1.82) is 0 Å². The number of aryl methyl sites for hydroxylation is 4. The number of ether oxygens (including phenoxy) is 2. The first-order chi connectivity index (χ1) is 21.7. The van der Waals surface area contributed by atoms with Crippen molar-refractivity contribution in [3.05, 3.63) is 166 Å². The van der Waals surface area contributed by atoms with Gasteiger partial charge in [0.1, 0.15) is 23.0 Å². The van der Waals surface area contributed by atoms with E-state index in [1.165, 1.54) is 33.4 Å². The van der Waals surface area contributed by atoms with E-state index in [1.54, 1.807) is 0 Å². The molecule has 0 saturated heterocycles. The number of nitrogens with two attached hydrogens (primary N) is 2. The van der Waals surface area contributed by atoms with E-state index in [0.29, 0.717) is 11.4 Å². The smallest absolute Gasteiger partial charge is 0.130 e. The summed E-state index contributed by atoms with van der Waals surface area (Å²) in [6.45, 7) is 8.25. The molecule has 4 N–H and O–H groups in total. The minimum absolute atomic E-state index is 0.540. The molecule has 45 heavy (non-hydrogen) atoms. The fourth-order valence-electron chi connectivity index (χ4n) is 6.94. The van der Waals surface area contributed by atoms with E-state index >= 15 is 0 Å². The third-order valence-corrected chi connectivity index (χ3v) is 8.77. The summed E-state index contributed by atoms with van der Waals surface area (Å²) in [6, 6.07) is 42.2. The summed E-state index contributed by atoms with van der Waals surface area (Å²) in [5, 5.41) is 0. The predicted octanol–water partition coefficient (Wildman–Crippen LogP) is 10.0. The molecule has 1 aliphatic carbocycles. The molecule has 0 aliphatic heterocycles. The van der Waals surface area contributed by atoms with Gasteiger partial charge in [0.15, 0.2) is 0 Å². The van der Waals surface area contributed by atoms with Crippen LogP contribution in [-0.4, -0.2) is 0 Å². The van der Waals surface area contributed by atoms with E-state index in [2.05, 4.69) is 98.8 Å². The second kappa shape index (κ2) is 10.9. The molecule has 0 unspecified atom stereocenters. The van der Waals surface area contributed by atoms with E-state index in [1.807, 2.05) is 50.2 Å². The Morgan fingerprint density at radius 1 is 0.467 bits per heavy atom. The van der Waals surface area contributed by atoms with Gasteiger partial charge in [-0.1, -0.05) is 72.8 Å². The van der Waals surface area contributed by atoms with Crippen LogP contribution in [0.5, 0.6) is 23.0 Å². The van der Waals surface area contributed by atoms with Crippen molar-refractivity contribution in [3.8, 4) is 34.1 Å². The first-order valence-electron chi connectivity index (χ1n) is 15.2. The summed E-state index contributed by atoms with van der Waals surface area (Å²) < 4.78 is 12.7. The van der Waals surface area contributed by atoms with Crippen LogP contribution in [0.2, 0.25) is 0 Å². The molecule has 0 atom stereocenters. The average Bonchev–Trinajstić information content (AvgIpc) is 3.30. The van der Waals surface area contributed by atoms with Crippen LogP contribution in [-0.2, 0) is 5.41 Å². The van der Waals surface area contributed by atoms with Gasteiger partial charge in [0.25, 0.3) is 0 Å². The van der Waals surface area contributed by atoms with Crippen LogP contribution in [0.15, 0.2) is 121 Å². The third kappa shape index (κ3) is 4.89. The highest BCUT2D eigenvalue weighted by Crippen LogP contribution is 2.56. The van der Waals surface area contributed by atoms with E-state index in [9.17, 15) is 0 Å². The highest BCUT2D eigenvalue weighted by Gasteiger charge is 2.46. The summed E-state index contributed by atoms with van der Waals surface area (Å²) in [6.07, 6.45) is 0. The average molecular weight is 589 g/mol. The van der Waals surface area contributed by atoms with Crippen LogP contribution >= 0.6 is 0 Å². The van der Waals surface area contributed by atoms with E-state index in [0.717, 1.165) is 45.3 Å². The third-order valence-electron chi connectivity index (χ3n) is 8.77. The standard InChI is InChI=1S/C41H36N2O2/c1-25-17-31(42)23-33(19-25)44-39-15-13-29(21-27(39)3)41(37-11-7-5-9-35(37)36-10-6-8-12-38(36)41)30-14-16-40(28(4)22-30)45-34-20-26(2)18-32(43)24-34/h5-24H,42-43H2,1-4H3. The number of hydrogen-bond acceptors (Lipinski definition) is 4. The molecule has 0 aromatic heterocycles. The van der Waals surface area contributed by atoms with Gasteiger partial charge >= 0.3 is 0 Å². The molecule has 6 aromatic carbocycles. The van der Waals surface area contributed by atoms with Crippen molar-refractivity contribution >= 4 is 11.4 Å². The molecule has 0 spiro atoms. The Morgan fingerprint density at radius 3 is 1.29 bits per heavy atom. The highest BCUT2D eigenvalue weighted by molar-refractivity contribution is 5.86. The molecule has 0 heterocycles. The lowest BCUT2D eigenvalue weighted by atomic mass is 9.67. The van der Waals surface area contributed by atoms with Crippen molar-refractivity contribution in [3.63, 3.8) is 0 Å². The van der Waals surface area contributed by atoms with Crippen molar-refractivity contribution < 1.29 is 9.47 Å². The van der Waals surface area contributed by atoms with Crippen molar-refractivity contribution in [2.24, 2.45) is 0 Å². The van der Waals surface area contributed by atoms with Gasteiger partial charge in [-0.05, 0) is 120 Å². The lowest BCUT2D eigenvalue weighted by Crippen LogP contribution is -2.28. The van der Waals surface area contributed by atoms with Crippen molar-refractivity contribution in [2.75, 3.05) is 11.5 Å². The summed E-state index contributed by atoms with van der Waals surface area (Å²) >= 11 is 0. The molecule has 0 fully saturated rings. The SMILES string of the molecule is Cc1cc(N)cc(Oc2ccc(C3(c4ccc(Oc5cc(C)cc(N)c5)c(C)c4)c4ccccc4-c4ccccc43)cc2C)c1. The molecule has 0 radical (unpaired) electrons. The van der Waals surface area contributed by atoms with Gasteiger partial charge < -0.3 is 20.9 Å². The summed E-state index contributed by atoms with van der Waals surface area (Å²) in [5.41, 5.74) is 24.6. The van der Waals surface area contributed by atoms with Crippen LogP contribution in [0.1, 0.15) is 44.5 Å². The van der Waals surface area contributed by atoms with Gasteiger partial charge in [0.2, 0.25) is 0 Å². The second-order valence-electron chi connectivity index (χ2n) is 12.2. The Labute approximate surface area is 264 Å². The molecule has 1 aliphatic rings. The minimum Gasteiger partial charge on any atom is -0.457 e. The second-order valence-corrected chi connectivity index (χ2v) is 12.2. The number of benzene rings is 6. The molecule has 0 amide bonds. The predicted molar refractivity (Wildman–Crippen MR) is 185 cm³/mol. The molecule has 222 valence electrons. The van der Waals surface area contributed by atoms with Gasteiger partial charge in [-0.2, -0.15) is 0 Å². The molecular weight excluding hydrogens is 552 g/mol. The number of rotatable bonds is 6. The molecule has 0 saturated carbocycles. The fraction of sp³-hybridized carbons (Fsp3) is 0.122. The molecule has 4 nitrogen and oxygen atoms in total. The van der Waals surface area contributed by atoms with Crippen molar-refractivity contribution in [2.45, 2.75) is 33.1 Å². The monoisotopic (exact) mass is 588 g/mol. The lowest BCUT2D eigenvalue weighted by Gasteiger charge is -2.34. The Kier molecular flexibility index (Phi) is 6.86. The fourth-order valence-corrected chi connectivity index (χ4v) is 6.94. The Morgan fingerprint density at radius 2 is 0.889 bits per heavy atom. The molecule has 6 aromatic rings. The van der Waals surface area contributed by atoms with E-state index in [-0.39, 0.29) is 0 Å². The van der Waals surface area contributed by atoms with Crippen LogP contribution in [0.4, 0.5) is 11.4 Å². The highest BCUT2D eigenvalue weighted by atomic mass is 16.5. The number of nitrogen functional groups attached to an aromatic ring is 2. The largest absolute Gasteiger partial charge is 0.457 e. The Hall–Kier alpha value is -5.48. The number of anilines is 2. The molecule has 4 heteroatoms. The zero-order chi connectivity index (χ0) is 31.3. The quantitative estimate of drug-likeness (QED) is 0.190. The Balaban J connectivity index is 1.39. The maximum absolute atomic E-state index is 6.37. The van der Waals surface area contributed by atoms with Gasteiger partial charge in [-0.15, -0.1) is 0 Å². The first-order valence-corrected chi connectivity index (χ1v) is 15.2. The topological polar surface area (TPSA) is 70.5 Å². The van der Waals surface area contributed by atoms with Gasteiger partial charge in [-0.3, -0.25) is 0 Å². The van der Waals surface area contributed by atoms with Crippen LogP contribution in [0.25, 0.3) is 11.1 Å². The molecule has 7 rings (SSSR count). The summed E-state index contributed by atoms with van der Waals surface area (Å²) in [4.78, 5) is 0. The lowest BCUT2D eigenvalue weighted by molar-refractivity contribution is 0.478. The van der Waals surface area contributed by atoms with Crippen LogP contribution in [0.3, 0.4) is 0 Å². The van der Waals surface area contributed by atoms with Gasteiger partial charge in [0, 0.05) is 23.5 Å². The minimum atomic E-state index is -0.540. The zero-order valence-electron chi connectivity index (χ0n) is 26.0. The first kappa shape index (κ1) is 28.3. The van der Waals surface area contributed by atoms with Crippen LogP contribution in [0, 0.1) is 27.7 Å². The van der Waals surface area contributed by atoms with E-state index < -0.39 is 5.41 Å². The van der Waals surface area contributed by atoms with Crippen LogP contribution < -0.4 is 20.9 Å². The Bertz CT molecular complexity index is 1900. The van der Waals surface area contributed by atoms with Gasteiger partial charge in [0.05, 0.1) is 5.41 Å². The maximum atomic E-state index is 6.37. The van der Waals surface area contributed by atoms with E-state index in [4.69, 9.17) is 20.9 Å². The molecule has 0 bridgehead atoms. The molecular formula is C41H36N2O2. The number of hydrogen-bond donors (Lipinski definition) is 2.